The quantitative estimate of drug-likeness (QED) is 0.355. The van der Waals surface area contributed by atoms with Crippen LogP contribution in [0.5, 0.6) is 0 Å². The summed E-state index contributed by atoms with van der Waals surface area (Å²) in [7, 11) is 3.73. The van der Waals surface area contributed by atoms with Gasteiger partial charge in [0.25, 0.3) is 11.8 Å². The monoisotopic (exact) mass is 437 g/mol. The Balaban J connectivity index is 1.65. The van der Waals surface area contributed by atoms with Gasteiger partial charge in [-0.3, -0.25) is 19.7 Å². The Morgan fingerprint density at radius 1 is 0.879 bits per heavy atom. The van der Waals surface area contributed by atoms with E-state index in [9.17, 15) is 19.7 Å². The molecular formula is C26H19N3O4. The number of nitrogens with zero attached hydrogens (tertiary/aromatic N) is 3. The molecule has 33 heavy (non-hydrogen) atoms. The molecule has 2 amide bonds. The van der Waals surface area contributed by atoms with Crippen molar-refractivity contribution < 1.29 is 14.5 Å². The van der Waals surface area contributed by atoms with E-state index >= 15 is 0 Å². The predicted molar refractivity (Wildman–Crippen MR) is 123 cm³/mol. The third-order valence-corrected chi connectivity index (χ3v) is 6.97. The summed E-state index contributed by atoms with van der Waals surface area (Å²) in [6.07, 6.45) is 0. The number of carbonyl (C=O) groups is 2. The number of amides is 2. The van der Waals surface area contributed by atoms with Gasteiger partial charge in [0.2, 0.25) is 0 Å². The van der Waals surface area contributed by atoms with Crippen LogP contribution in [-0.2, 0) is 15.1 Å². The number of nitro groups is 1. The van der Waals surface area contributed by atoms with Crippen molar-refractivity contribution >= 4 is 23.2 Å². The zero-order chi connectivity index (χ0) is 23.1. The van der Waals surface area contributed by atoms with Crippen molar-refractivity contribution in [1.82, 2.24) is 0 Å². The number of anilines is 2. The molecule has 0 saturated carbocycles. The fourth-order valence-electron chi connectivity index (χ4n) is 5.65. The molecular weight excluding hydrogens is 418 g/mol. The number of hydrogen-bond donors (Lipinski definition) is 0. The molecule has 0 spiro atoms. The maximum Gasteiger partial charge on any atom is 0.303 e. The van der Waals surface area contributed by atoms with E-state index in [0.717, 1.165) is 10.6 Å². The van der Waals surface area contributed by atoms with E-state index < -0.39 is 28.2 Å². The minimum Gasteiger partial charge on any atom is -0.378 e. The fraction of sp³-hybridized carbons (Fsp3) is 0.154. The summed E-state index contributed by atoms with van der Waals surface area (Å²) in [6, 6.07) is 21.2. The summed E-state index contributed by atoms with van der Waals surface area (Å²) in [5.74, 6) is -1.64. The van der Waals surface area contributed by atoms with Gasteiger partial charge in [-0.05, 0) is 29.3 Å². The van der Waals surface area contributed by atoms with Crippen LogP contribution in [0.1, 0.15) is 28.2 Å². The molecule has 3 aromatic rings. The second kappa shape index (κ2) is 6.38. The number of imide groups is 1. The zero-order valence-corrected chi connectivity index (χ0v) is 18.0. The van der Waals surface area contributed by atoms with Crippen molar-refractivity contribution in [3.63, 3.8) is 0 Å². The Kier molecular flexibility index (Phi) is 3.76. The molecule has 162 valence electrons. The predicted octanol–water partition coefficient (Wildman–Crippen LogP) is 3.60. The first-order valence-electron chi connectivity index (χ1n) is 10.6. The zero-order valence-electron chi connectivity index (χ0n) is 18.0. The topological polar surface area (TPSA) is 83.8 Å². The minimum atomic E-state index is -1.92. The van der Waals surface area contributed by atoms with Crippen LogP contribution in [-0.4, -0.2) is 30.8 Å². The first-order valence-corrected chi connectivity index (χ1v) is 10.6. The van der Waals surface area contributed by atoms with Crippen molar-refractivity contribution in [3.8, 4) is 0 Å². The van der Waals surface area contributed by atoms with Crippen LogP contribution in [0.25, 0.3) is 0 Å². The van der Waals surface area contributed by atoms with Gasteiger partial charge >= 0.3 is 5.54 Å². The second-order valence-electron chi connectivity index (χ2n) is 8.72. The smallest absolute Gasteiger partial charge is 0.303 e. The van der Waals surface area contributed by atoms with Gasteiger partial charge in [0, 0.05) is 47.3 Å². The van der Waals surface area contributed by atoms with Gasteiger partial charge < -0.3 is 4.90 Å². The highest BCUT2D eigenvalue weighted by molar-refractivity contribution is 6.35. The highest BCUT2D eigenvalue weighted by Gasteiger charge is 2.68. The fourth-order valence-corrected chi connectivity index (χ4v) is 5.65. The van der Waals surface area contributed by atoms with E-state index in [4.69, 9.17) is 0 Å². The van der Waals surface area contributed by atoms with Gasteiger partial charge in [0.1, 0.15) is 5.57 Å². The SMILES string of the molecule is CN(C)c1cccc(N2C(=O)C3=C(C2=O)C2([N+](=O)[O-])c4ccccc4C3c3ccccc32)c1. The Morgan fingerprint density at radius 2 is 1.48 bits per heavy atom. The maximum absolute atomic E-state index is 13.9. The molecule has 3 aliphatic carbocycles. The molecule has 0 fully saturated rings. The number of hydrogen-bond acceptors (Lipinski definition) is 5. The summed E-state index contributed by atoms with van der Waals surface area (Å²) in [6.45, 7) is 0. The molecule has 1 heterocycles. The van der Waals surface area contributed by atoms with Crippen LogP contribution in [0.4, 0.5) is 11.4 Å². The van der Waals surface area contributed by atoms with Crippen molar-refractivity contribution in [2.75, 3.05) is 23.9 Å². The molecule has 4 aliphatic rings. The Bertz CT molecular complexity index is 1390. The number of rotatable bonds is 3. The molecule has 7 rings (SSSR count). The van der Waals surface area contributed by atoms with Crippen LogP contribution in [0.2, 0.25) is 0 Å². The molecule has 1 aliphatic heterocycles. The average Bonchev–Trinajstić information content (AvgIpc) is 3.09. The Labute approximate surface area is 189 Å². The van der Waals surface area contributed by atoms with Crippen molar-refractivity contribution in [2.45, 2.75) is 11.5 Å². The lowest BCUT2D eigenvalue weighted by molar-refractivity contribution is -0.554. The third kappa shape index (κ3) is 2.18. The summed E-state index contributed by atoms with van der Waals surface area (Å²) in [5.41, 5.74) is 1.81. The third-order valence-electron chi connectivity index (χ3n) is 6.97. The second-order valence-corrected chi connectivity index (χ2v) is 8.72. The van der Waals surface area contributed by atoms with Gasteiger partial charge in [0.05, 0.1) is 5.69 Å². The highest BCUT2D eigenvalue weighted by atomic mass is 16.6. The standard InChI is InChI=1S/C26H19N3O4/c1-27(2)15-8-7-9-16(14-15)28-24(30)22-21-17-10-3-5-12-19(17)26(29(32)33,23(22)25(28)31)20-13-6-4-11-18(20)21/h3-14,21H,1-2H3. The molecule has 0 unspecified atom stereocenters. The summed E-state index contributed by atoms with van der Waals surface area (Å²) in [4.78, 5) is 43.2. The molecule has 0 radical (unpaired) electrons. The molecule has 7 nitrogen and oxygen atoms in total. The van der Waals surface area contributed by atoms with Crippen LogP contribution in [0, 0.1) is 10.1 Å². The molecule has 0 atom stereocenters. The normalized spacial score (nSPS) is 22.2. The number of benzene rings is 3. The van der Waals surface area contributed by atoms with E-state index in [1.165, 1.54) is 0 Å². The highest BCUT2D eigenvalue weighted by Crippen LogP contribution is 2.61. The van der Waals surface area contributed by atoms with Gasteiger partial charge in [-0.1, -0.05) is 54.6 Å². The lowest BCUT2D eigenvalue weighted by Crippen LogP contribution is -2.49. The Morgan fingerprint density at radius 3 is 2.06 bits per heavy atom. The van der Waals surface area contributed by atoms with E-state index in [2.05, 4.69) is 0 Å². The minimum absolute atomic E-state index is 0.0323. The molecule has 0 aromatic heterocycles. The van der Waals surface area contributed by atoms with Crippen molar-refractivity contribution in [2.24, 2.45) is 0 Å². The number of carbonyl (C=O) groups excluding carboxylic acids is 2. The largest absolute Gasteiger partial charge is 0.378 e. The van der Waals surface area contributed by atoms with Crippen molar-refractivity contribution in [3.05, 3.63) is 116 Å². The van der Waals surface area contributed by atoms with E-state index in [1.807, 2.05) is 49.3 Å². The van der Waals surface area contributed by atoms with E-state index in [0.29, 0.717) is 27.9 Å². The molecule has 7 heteroatoms. The van der Waals surface area contributed by atoms with Crippen LogP contribution in [0.3, 0.4) is 0 Å². The van der Waals surface area contributed by atoms with Gasteiger partial charge in [-0.15, -0.1) is 0 Å². The van der Waals surface area contributed by atoms with Gasteiger partial charge in [-0.25, -0.2) is 4.90 Å². The first-order chi connectivity index (χ1) is 15.9. The molecule has 3 aromatic carbocycles. The molecule has 0 N–H and O–H groups in total. The summed E-state index contributed by atoms with van der Waals surface area (Å²) in [5, 5.41) is 12.9. The lowest BCUT2D eigenvalue weighted by Gasteiger charge is -2.42. The summed E-state index contributed by atoms with van der Waals surface area (Å²) >= 11 is 0. The molecule has 0 saturated heterocycles. The van der Waals surface area contributed by atoms with Crippen LogP contribution >= 0.6 is 0 Å². The van der Waals surface area contributed by atoms with Gasteiger partial charge in [0.15, 0.2) is 0 Å². The van der Waals surface area contributed by atoms with Crippen LogP contribution < -0.4 is 9.80 Å². The first kappa shape index (κ1) is 19.4. The summed E-state index contributed by atoms with van der Waals surface area (Å²) < 4.78 is 0. The van der Waals surface area contributed by atoms with Crippen LogP contribution in [0.15, 0.2) is 83.9 Å². The van der Waals surface area contributed by atoms with Gasteiger partial charge in [-0.2, -0.15) is 0 Å². The molecule has 2 bridgehead atoms. The average molecular weight is 437 g/mol. The maximum atomic E-state index is 13.9. The van der Waals surface area contributed by atoms with E-state index in [1.54, 1.807) is 42.5 Å². The van der Waals surface area contributed by atoms with Crippen molar-refractivity contribution in [1.29, 1.82) is 0 Å². The van der Waals surface area contributed by atoms with E-state index in [-0.39, 0.29) is 11.1 Å². The lowest BCUT2D eigenvalue weighted by atomic mass is 9.57. The Hall–Kier alpha value is -4.26.